The van der Waals surface area contributed by atoms with E-state index in [9.17, 15) is 14.7 Å². The van der Waals surface area contributed by atoms with Gasteiger partial charge in [-0.15, -0.1) is 0 Å². The number of halogens is 1. The molecule has 3 rings (SSSR count). The number of hydrogen-bond donors (Lipinski definition) is 2. The lowest BCUT2D eigenvalue weighted by Gasteiger charge is -2.10. The summed E-state index contributed by atoms with van der Waals surface area (Å²) in [6.45, 7) is 2.12. The molecule has 1 amide bonds. The highest BCUT2D eigenvalue weighted by atomic mass is 35.5. The van der Waals surface area contributed by atoms with Crippen molar-refractivity contribution in [1.82, 2.24) is 15.1 Å². The summed E-state index contributed by atoms with van der Waals surface area (Å²) in [5.41, 5.74) is 1.55. The Hall–Kier alpha value is -3.12. The van der Waals surface area contributed by atoms with Crippen molar-refractivity contribution < 1.29 is 9.90 Å². The molecule has 26 heavy (non-hydrogen) atoms. The van der Waals surface area contributed by atoms with Crippen molar-refractivity contribution in [2.24, 2.45) is 0 Å². The number of aryl methyl sites for hydroxylation is 1. The molecular formula is C19H16ClN3O3. The van der Waals surface area contributed by atoms with Crippen LogP contribution < -0.4 is 10.9 Å². The maximum atomic E-state index is 12.4. The van der Waals surface area contributed by atoms with Gasteiger partial charge in [0.05, 0.1) is 5.69 Å². The first-order chi connectivity index (χ1) is 12.4. The molecule has 0 fully saturated rings. The lowest BCUT2D eigenvalue weighted by Crippen LogP contribution is -2.29. The van der Waals surface area contributed by atoms with E-state index in [2.05, 4.69) is 10.4 Å². The van der Waals surface area contributed by atoms with Crippen LogP contribution in [0.25, 0.3) is 5.69 Å². The average molecular weight is 370 g/mol. The van der Waals surface area contributed by atoms with Gasteiger partial charge in [0.15, 0.2) is 11.4 Å². The maximum absolute atomic E-state index is 12.4. The van der Waals surface area contributed by atoms with E-state index in [1.54, 1.807) is 42.5 Å². The molecular weight excluding hydrogens is 354 g/mol. The van der Waals surface area contributed by atoms with E-state index in [1.807, 2.05) is 13.0 Å². The van der Waals surface area contributed by atoms with Crippen molar-refractivity contribution in [3.63, 3.8) is 0 Å². The molecule has 0 spiro atoms. The summed E-state index contributed by atoms with van der Waals surface area (Å²) in [4.78, 5) is 24.5. The molecule has 0 bridgehead atoms. The number of carbonyl (C=O) groups excluding carboxylic acids is 1. The Balaban J connectivity index is 1.87. The van der Waals surface area contributed by atoms with Gasteiger partial charge in [-0.25, -0.2) is 0 Å². The molecule has 2 N–H and O–H groups in total. The van der Waals surface area contributed by atoms with Crippen molar-refractivity contribution in [3.8, 4) is 11.4 Å². The molecule has 0 aliphatic heterocycles. The van der Waals surface area contributed by atoms with Crippen LogP contribution in [0, 0.1) is 6.92 Å². The van der Waals surface area contributed by atoms with Crippen LogP contribution in [0.5, 0.6) is 5.75 Å². The van der Waals surface area contributed by atoms with Crippen molar-refractivity contribution in [2.45, 2.75) is 13.5 Å². The van der Waals surface area contributed by atoms with Crippen LogP contribution in [0.2, 0.25) is 5.02 Å². The molecule has 0 saturated carbocycles. The first kappa shape index (κ1) is 17.7. The molecule has 1 heterocycles. The summed E-state index contributed by atoms with van der Waals surface area (Å²) < 4.78 is 1.09. The number of hydrogen-bond acceptors (Lipinski definition) is 4. The first-order valence-electron chi connectivity index (χ1n) is 7.87. The molecule has 0 aliphatic carbocycles. The number of nitrogens with one attached hydrogen (secondary N) is 1. The summed E-state index contributed by atoms with van der Waals surface area (Å²) >= 11 is 5.83. The minimum absolute atomic E-state index is 0.222. The van der Waals surface area contributed by atoms with Crippen LogP contribution in [-0.2, 0) is 6.54 Å². The van der Waals surface area contributed by atoms with Crippen molar-refractivity contribution in [3.05, 3.63) is 86.8 Å². The Labute approximate surface area is 154 Å². The summed E-state index contributed by atoms with van der Waals surface area (Å²) in [5, 5.41) is 17.3. The largest absolute Gasteiger partial charge is 0.505 e. The fraction of sp³-hybridized carbons (Fsp3) is 0.105. The highest BCUT2D eigenvalue weighted by Gasteiger charge is 2.16. The molecule has 0 radical (unpaired) electrons. The molecule has 132 valence electrons. The number of amides is 1. The fourth-order valence-corrected chi connectivity index (χ4v) is 2.55. The van der Waals surface area contributed by atoms with Gasteiger partial charge in [-0.3, -0.25) is 9.59 Å². The van der Waals surface area contributed by atoms with E-state index < -0.39 is 17.2 Å². The van der Waals surface area contributed by atoms with Crippen LogP contribution in [0.15, 0.2) is 59.4 Å². The van der Waals surface area contributed by atoms with Gasteiger partial charge in [0, 0.05) is 17.6 Å². The Bertz CT molecular complexity index is 1010. The van der Waals surface area contributed by atoms with E-state index in [0.717, 1.165) is 21.9 Å². The van der Waals surface area contributed by atoms with Crippen LogP contribution in [-0.4, -0.2) is 20.8 Å². The lowest BCUT2D eigenvalue weighted by atomic mass is 10.2. The van der Waals surface area contributed by atoms with Gasteiger partial charge in [0.2, 0.25) is 0 Å². The fourth-order valence-electron chi connectivity index (χ4n) is 2.42. The van der Waals surface area contributed by atoms with E-state index in [-0.39, 0.29) is 12.2 Å². The number of aromatic nitrogens is 2. The zero-order chi connectivity index (χ0) is 18.7. The number of nitrogens with zero attached hydrogens (tertiary/aromatic N) is 2. The smallest absolute Gasteiger partial charge is 0.275 e. The number of aromatic hydroxyl groups is 1. The second-order valence-electron chi connectivity index (χ2n) is 5.78. The maximum Gasteiger partial charge on any atom is 0.275 e. The summed E-state index contributed by atoms with van der Waals surface area (Å²) in [6, 6.07) is 15.1. The Morgan fingerprint density at radius 3 is 2.62 bits per heavy atom. The minimum atomic E-state index is -0.584. The van der Waals surface area contributed by atoms with E-state index in [4.69, 9.17) is 11.6 Å². The summed E-state index contributed by atoms with van der Waals surface area (Å²) in [5.74, 6) is -1.05. The van der Waals surface area contributed by atoms with Crippen molar-refractivity contribution in [2.75, 3.05) is 0 Å². The van der Waals surface area contributed by atoms with Gasteiger partial charge in [-0.1, -0.05) is 35.9 Å². The third kappa shape index (κ3) is 3.92. The second kappa shape index (κ2) is 7.41. The number of rotatable bonds is 4. The van der Waals surface area contributed by atoms with Gasteiger partial charge < -0.3 is 10.4 Å². The van der Waals surface area contributed by atoms with Crippen molar-refractivity contribution >= 4 is 17.5 Å². The molecule has 0 aliphatic rings. The molecule has 0 unspecified atom stereocenters. The Morgan fingerprint density at radius 2 is 1.92 bits per heavy atom. The lowest BCUT2D eigenvalue weighted by molar-refractivity contribution is 0.0941. The topological polar surface area (TPSA) is 84.2 Å². The van der Waals surface area contributed by atoms with Gasteiger partial charge >= 0.3 is 0 Å². The zero-order valence-corrected chi connectivity index (χ0v) is 14.7. The van der Waals surface area contributed by atoms with Gasteiger partial charge in [0.1, 0.15) is 0 Å². The summed E-state index contributed by atoms with van der Waals surface area (Å²) in [7, 11) is 0. The normalized spacial score (nSPS) is 10.5. The summed E-state index contributed by atoms with van der Waals surface area (Å²) in [6.07, 6.45) is 0. The third-order valence-corrected chi connectivity index (χ3v) is 3.99. The van der Waals surface area contributed by atoms with Crippen molar-refractivity contribution in [1.29, 1.82) is 0 Å². The van der Waals surface area contributed by atoms with Crippen LogP contribution >= 0.6 is 11.6 Å². The predicted octanol–water partition coefficient (Wildman–Crippen LogP) is 2.83. The minimum Gasteiger partial charge on any atom is -0.505 e. The first-order valence-corrected chi connectivity index (χ1v) is 8.25. The molecule has 7 heteroatoms. The van der Waals surface area contributed by atoms with Crippen LogP contribution in [0.3, 0.4) is 0 Å². The SMILES string of the molecule is Cc1cccc(-n2nc(C(=O)NCc3ccc(Cl)cc3)c(O)cc2=O)c1. The van der Waals surface area contributed by atoms with Crippen LogP contribution in [0.4, 0.5) is 0 Å². The van der Waals surface area contributed by atoms with Crippen LogP contribution in [0.1, 0.15) is 21.6 Å². The molecule has 0 saturated heterocycles. The molecule has 2 aromatic carbocycles. The monoisotopic (exact) mass is 369 g/mol. The van der Waals surface area contributed by atoms with Gasteiger partial charge in [-0.05, 0) is 42.3 Å². The standard InChI is InChI=1S/C19H16ClN3O3/c1-12-3-2-4-15(9-12)23-17(25)10-16(24)18(22-23)19(26)21-11-13-5-7-14(20)8-6-13/h2-10,24H,11H2,1H3,(H,21,26). The third-order valence-electron chi connectivity index (χ3n) is 3.74. The molecule has 3 aromatic rings. The van der Waals surface area contributed by atoms with Gasteiger partial charge in [0.25, 0.3) is 11.5 Å². The molecule has 0 atom stereocenters. The highest BCUT2D eigenvalue weighted by molar-refractivity contribution is 6.30. The zero-order valence-electron chi connectivity index (χ0n) is 13.9. The van der Waals surface area contributed by atoms with E-state index in [1.165, 1.54) is 0 Å². The Kier molecular flexibility index (Phi) is 5.04. The Morgan fingerprint density at radius 1 is 1.19 bits per heavy atom. The number of benzene rings is 2. The quantitative estimate of drug-likeness (QED) is 0.740. The number of carbonyl (C=O) groups is 1. The molecule has 1 aromatic heterocycles. The predicted molar refractivity (Wildman–Crippen MR) is 98.9 cm³/mol. The van der Waals surface area contributed by atoms with Gasteiger partial charge in [-0.2, -0.15) is 9.78 Å². The molecule has 6 nitrogen and oxygen atoms in total. The average Bonchev–Trinajstić information content (AvgIpc) is 2.61. The second-order valence-corrected chi connectivity index (χ2v) is 6.21. The van der Waals surface area contributed by atoms with E-state index >= 15 is 0 Å². The highest BCUT2D eigenvalue weighted by Crippen LogP contribution is 2.14. The van der Waals surface area contributed by atoms with E-state index in [0.29, 0.717) is 10.7 Å².